The van der Waals surface area contributed by atoms with Crippen LogP contribution in [0.3, 0.4) is 0 Å². The predicted octanol–water partition coefficient (Wildman–Crippen LogP) is 4.16. The first-order valence-corrected chi connectivity index (χ1v) is 8.69. The van der Waals surface area contributed by atoms with Gasteiger partial charge in [0.15, 0.2) is 0 Å². The van der Waals surface area contributed by atoms with Crippen LogP contribution in [0.25, 0.3) is 0 Å². The molecule has 2 nitrogen and oxygen atoms in total. The number of nitrogens with one attached hydrogen (secondary N) is 1. The van der Waals surface area contributed by atoms with Gasteiger partial charge in [-0.1, -0.05) is 37.6 Å². The number of aryl methyl sites for hydroxylation is 1. The van der Waals surface area contributed by atoms with Crippen molar-refractivity contribution in [2.45, 2.75) is 52.0 Å². The standard InChI is InChI=1S/C19H32N2/c1-4-17-9-7-13-21(14-11-17)15-12-19(20-3)18-10-6-5-8-16(18)2/h5-6,8,10,17,19-20H,4,7,9,11-15H2,1-3H3. The predicted molar refractivity (Wildman–Crippen MR) is 91.7 cm³/mol. The summed E-state index contributed by atoms with van der Waals surface area (Å²) in [6.07, 6.45) is 6.77. The Bertz CT molecular complexity index is 416. The maximum absolute atomic E-state index is 3.51. The molecule has 1 fully saturated rings. The molecule has 0 aliphatic carbocycles. The van der Waals surface area contributed by atoms with Crippen molar-refractivity contribution in [3.63, 3.8) is 0 Å². The van der Waals surface area contributed by atoms with Gasteiger partial charge in [0.05, 0.1) is 0 Å². The van der Waals surface area contributed by atoms with Gasteiger partial charge in [-0.05, 0) is 76.3 Å². The highest BCUT2D eigenvalue weighted by atomic mass is 15.1. The van der Waals surface area contributed by atoms with Gasteiger partial charge in [-0.25, -0.2) is 0 Å². The normalized spacial score (nSPS) is 22.0. The molecule has 2 heteroatoms. The zero-order chi connectivity index (χ0) is 15.1. The number of likely N-dealkylation sites (tertiary alicyclic amines) is 1. The fourth-order valence-electron chi connectivity index (χ4n) is 3.60. The Kier molecular flexibility index (Phi) is 6.72. The third kappa shape index (κ3) is 4.82. The molecule has 1 saturated heterocycles. The molecular weight excluding hydrogens is 256 g/mol. The number of hydrogen-bond acceptors (Lipinski definition) is 2. The minimum Gasteiger partial charge on any atom is -0.313 e. The van der Waals surface area contributed by atoms with Gasteiger partial charge in [0.25, 0.3) is 0 Å². The molecule has 118 valence electrons. The number of rotatable bonds is 6. The van der Waals surface area contributed by atoms with Gasteiger partial charge in [0, 0.05) is 6.04 Å². The van der Waals surface area contributed by atoms with Crippen LogP contribution >= 0.6 is 0 Å². The van der Waals surface area contributed by atoms with Gasteiger partial charge in [-0.3, -0.25) is 0 Å². The number of nitrogens with zero attached hydrogens (tertiary/aromatic N) is 1. The van der Waals surface area contributed by atoms with Crippen LogP contribution in [-0.4, -0.2) is 31.6 Å². The summed E-state index contributed by atoms with van der Waals surface area (Å²) in [6, 6.07) is 9.26. The van der Waals surface area contributed by atoms with E-state index >= 15 is 0 Å². The van der Waals surface area contributed by atoms with Crippen LogP contribution in [0.2, 0.25) is 0 Å². The first-order valence-electron chi connectivity index (χ1n) is 8.69. The lowest BCUT2D eigenvalue weighted by molar-refractivity contribution is 0.264. The van der Waals surface area contributed by atoms with Crippen molar-refractivity contribution < 1.29 is 0 Å². The average Bonchev–Trinajstić information content (AvgIpc) is 2.74. The van der Waals surface area contributed by atoms with Gasteiger partial charge in [0.2, 0.25) is 0 Å². The molecule has 2 atom stereocenters. The monoisotopic (exact) mass is 288 g/mol. The van der Waals surface area contributed by atoms with Crippen molar-refractivity contribution >= 4 is 0 Å². The molecule has 1 aromatic carbocycles. The summed E-state index contributed by atoms with van der Waals surface area (Å²) < 4.78 is 0. The summed E-state index contributed by atoms with van der Waals surface area (Å²) in [4.78, 5) is 2.68. The lowest BCUT2D eigenvalue weighted by atomic mass is 9.98. The Morgan fingerprint density at radius 1 is 1.24 bits per heavy atom. The molecule has 0 radical (unpaired) electrons. The second-order valence-electron chi connectivity index (χ2n) is 6.53. The van der Waals surface area contributed by atoms with Gasteiger partial charge >= 0.3 is 0 Å². The lowest BCUT2D eigenvalue weighted by Gasteiger charge is -2.25. The van der Waals surface area contributed by atoms with Crippen LogP contribution in [0.4, 0.5) is 0 Å². The Hall–Kier alpha value is -0.860. The highest BCUT2D eigenvalue weighted by molar-refractivity contribution is 5.28. The molecule has 0 spiro atoms. The molecule has 21 heavy (non-hydrogen) atoms. The van der Waals surface area contributed by atoms with Crippen LogP contribution in [0.5, 0.6) is 0 Å². The summed E-state index contributed by atoms with van der Waals surface area (Å²) in [5, 5.41) is 3.51. The molecule has 1 aliphatic rings. The van der Waals surface area contributed by atoms with E-state index < -0.39 is 0 Å². The van der Waals surface area contributed by atoms with Gasteiger partial charge in [-0.15, -0.1) is 0 Å². The molecular formula is C19H32N2. The fourth-order valence-corrected chi connectivity index (χ4v) is 3.60. The van der Waals surface area contributed by atoms with Crippen LogP contribution in [0.15, 0.2) is 24.3 Å². The Morgan fingerprint density at radius 2 is 2.05 bits per heavy atom. The van der Waals surface area contributed by atoms with E-state index in [0.29, 0.717) is 6.04 Å². The number of benzene rings is 1. The van der Waals surface area contributed by atoms with E-state index in [2.05, 4.69) is 55.4 Å². The second-order valence-corrected chi connectivity index (χ2v) is 6.53. The second kappa shape index (κ2) is 8.55. The van der Waals surface area contributed by atoms with E-state index in [9.17, 15) is 0 Å². The largest absolute Gasteiger partial charge is 0.313 e. The first kappa shape index (κ1) is 16.5. The smallest absolute Gasteiger partial charge is 0.0332 e. The molecule has 1 aromatic rings. The SMILES string of the molecule is CCC1CCCN(CCC(NC)c2ccccc2C)CC1. The minimum atomic E-state index is 0.483. The summed E-state index contributed by atoms with van der Waals surface area (Å²) >= 11 is 0. The maximum atomic E-state index is 3.51. The summed E-state index contributed by atoms with van der Waals surface area (Å²) in [7, 11) is 2.09. The van der Waals surface area contributed by atoms with Crippen LogP contribution in [0, 0.1) is 12.8 Å². The molecule has 1 N–H and O–H groups in total. The topological polar surface area (TPSA) is 15.3 Å². The number of hydrogen-bond donors (Lipinski definition) is 1. The Morgan fingerprint density at radius 3 is 2.76 bits per heavy atom. The molecule has 2 rings (SSSR count). The van der Waals surface area contributed by atoms with Crippen LogP contribution in [0.1, 0.15) is 56.2 Å². The average molecular weight is 288 g/mol. The van der Waals surface area contributed by atoms with E-state index in [1.165, 1.54) is 62.9 Å². The van der Waals surface area contributed by atoms with Crippen molar-refractivity contribution in [3.8, 4) is 0 Å². The van der Waals surface area contributed by atoms with E-state index in [4.69, 9.17) is 0 Å². The van der Waals surface area contributed by atoms with Crippen molar-refractivity contribution in [1.82, 2.24) is 10.2 Å². The van der Waals surface area contributed by atoms with Crippen LogP contribution < -0.4 is 5.32 Å². The molecule has 0 bridgehead atoms. The van der Waals surface area contributed by atoms with E-state index in [0.717, 1.165) is 5.92 Å². The minimum absolute atomic E-state index is 0.483. The van der Waals surface area contributed by atoms with E-state index in [-0.39, 0.29) is 0 Å². The zero-order valence-corrected chi connectivity index (χ0v) is 14.1. The van der Waals surface area contributed by atoms with E-state index in [1.54, 1.807) is 0 Å². The van der Waals surface area contributed by atoms with Crippen LogP contribution in [-0.2, 0) is 0 Å². The first-order chi connectivity index (χ1) is 10.2. The zero-order valence-electron chi connectivity index (χ0n) is 14.1. The molecule has 0 aromatic heterocycles. The molecule has 0 amide bonds. The van der Waals surface area contributed by atoms with Gasteiger partial charge in [-0.2, -0.15) is 0 Å². The highest BCUT2D eigenvalue weighted by Gasteiger charge is 2.17. The van der Waals surface area contributed by atoms with Crippen molar-refractivity contribution in [2.75, 3.05) is 26.7 Å². The summed E-state index contributed by atoms with van der Waals surface area (Å²) in [5.74, 6) is 0.964. The van der Waals surface area contributed by atoms with E-state index in [1.807, 2.05) is 0 Å². The fraction of sp³-hybridized carbons (Fsp3) is 0.684. The third-order valence-corrected chi connectivity index (χ3v) is 5.16. The molecule has 2 unspecified atom stereocenters. The van der Waals surface area contributed by atoms with Crippen molar-refractivity contribution in [3.05, 3.63) is 35.4 Å². The van der Waals surface area contributed by atoms with Gasteiger partial charge in [0.1, 0.15) is 0 Å². The van der Waals surface area contributed by atoms with Crippen molar-refractivity contribution in [2.24, 2.45) is 5.92 Å². The highest BCUT2D eigenvalue weighted by Crippen LogP contribution is 2.23. The van der Waals surface area contributed by atoms with Gasteiger partial charge < -0.3 is 10.2 Å². The summed E-state index contributed by atoms with van der Waals surface area (Å²) in [5.41, 5.74) is 2.86. The maximum Gasteiger partial charge on any atom is 0.0332 e. The quantitative estimate of drug-likeness (QED) is 0.845. The molecule has 1 aliphatic heterocycles. The Labute approximate surface area is 130 Å². The lowest BCUT2D eigenvalue weighted by Crippen LogP contribution is -2.29. The molecule has 0 saturated carbocycles. The Balaban J connectivity index is 1.87. The van der Waals surface area contributed by atoms with Crippen molar-refractivity contribution in [1.29, 1.82) is 0 Å². The third-order valence-electron chi connectivity index (χ3n) is 5.16. The summed E-state index contributed by atoms with van der Waals surface area (Å²) in [6.45, 7) is 8.37. The molecule has 1 heterocycles.